The molecule has 0 radical (unpaired) electrons. The van der Waals surface area contributed by atoms with E-state index in [0.717, 1.165) is 0 Å². The molecule has 0 unspecified atom stereocenters. The molecule has 0 fully saturated rings. The number of methoxy groups -OCH3 is 1. The van der Waals surface area contributed by atoms with E-state index in [4.69, 9.17) is 24.7 Å². The minimum Gasteiger partial charge on any atom is -0.488 e. The number of aromatic carboxylic acids is 1. The SMILES string of the molecule is CN/C=C\C(=N)NC(=O)c1cc(Oc2ccc(C(=O)O)cc2)cc(O[C@@H](C)COC)c1. The first kappa shape index (κ1) is 23.4. The molecule has 0 aliphatic rings. The number of hydrogen-bond donors (Lipinski definition) is 4. The zero-order chi connectivity index (χ0) is 22.8. The normalized spacial score (nSPS) is 11.6. The molecule has 9 nitrogen and oxygen atoms in total. The predicted molar refractivity (Wildman–Crippen MR) is 115 cm³/mol. The Morgan fingerprint density at radius 2 is 1.77 bits per heavy atom. The molecular weight excluding hydrogens is 402 g/mol. The Hall–Kier alpha value is -3.85. The minimum atomic E-state index is -1.04. The smallest absolute Gasteiger partial charge is 0.335 e. The van der Waals surface area contributed by atoms with E-state index in [9.17, 15) is 9.59 Å². The maximum atomic E-state index is 12.6. The molecule has 0 aliphatic carbocycles. The van der Waals surface area contributed by atoms with Gasteiger partial charge in [-0.15, -0.1) is 0 Å². The number of carbonyl (C=O) groups is 2. The number of nitrogens with one attached hydrogen (secondary N) is 3. The molecule has 0 aromatic heterocycles. The van der Waals surface area contributed by atoms with Gasteiger partial charge in [-0.05, 0) is 55.6 Å². The first-order valence-corrected chi connectivity index (χ1v) is 9.38. The molecule has 0 heterocycles. The molecule has 0 saturated carbocycles. The lowest BCUT2D eigenvalue weighted by atomic mass is 10.1. The van der Waals surface area contributed by atoms with Gasteiger partial charge in [0.1, 0.15) is 29.2 Å². The molecule has 1 atom stereocenters. The van der Waals surface area contributed by atoms with Gasteiger partial charge >= 0.3 is 5.97 Å². The standard InChI is InChI=1S/C22H25N3O6/c1-14(13-29-3)30-18-10-16(21(26)25-20(23)8-9-24-2)11-19(12-18)31-17-6-4-15(5-7-17)22(27)28/h4-12,14,24H,13H2,1-3H3,(H,27,28)(H2,23,25,26)/b9-8-/t14-/m0/s1. The summed E-state index contributed by atoms with van der Waals surface area (Å²) in [6.45, 7) is 2.17. The van der Waals surface area contributed by atoms with Gasteiger partial charge in [0.05, 0.1) is 12.2 Å². The van der Waals surface area contributed by atoms with Crippen LogP contribution in [0.1, 0.15) is 27.6 Å². The van der Waals surface area contributed by atoms with Crippen molar-refractivity contribution in [3.8, 4) is 17.2 Å². The van der Waals surface area contributed by atoms with E-state index in [1.165, 1.54) is 48.7 Å². The van der Waals surface area contributed by atoms with E-state index in [0.29, 0.717) is 23.9 Å². The predicted octanol–water partition coefficient (Wildman–Crippen LogP) is 3.03. The third-order valence-corrected chi connectivity index (χ3v) is 3.88. The summed E-state index contributed by atoms with van der Waals surface area (Å²) < 4.78 is 16.7. The third kappa shape index (κ3) is 7.48. The van der Waals surface area contributed by atoms with Crippen LogP contribution in [0.15, 0.2) is 54.7 Å². The Labute approximate surface area is 180 Å². The summed E-state index contributed by atoms with van der Waals surface area (Å²) in [5.41, 5.74) is 0.355. The highest BCUT2D eigenvalue weighted by Gasteiger charge is 2.14. The molecule has 0 aliphatic heterocycles. The quantitative estimate of drug-likeness (QED) is 0.339. The van der Waals surface area contributed by atoms with E-state index in [1.54, 1.807) is 20.2 Å². The van der Waals surface area contributed by atoms with Crippen LogP contribution in [0.3, 0.4) is 0 Å². The van der Waals surface area contributed by atoms with Gasteiger partial charge in [-0.2, -0.15) is 0 Å². The summed E-state index contributed by atoms with van der Waals surface area (Å²) in [4.78, 5) is 23.6. The summed E-state index contributed by atoms with van der Waals surface area (Å²) >= 11 is 0. The van der Waals surface area contributed by atoms with Crippen LogP contribution in [0.2, 0.25) is 0 Å². The number of hydrogen-bond acceptors (Lipinski definition) is 7. The number of carbonyl (C=O) groups excluding carboxylic acids is 1. The van der Waals surface area contributed by atoms with Gasteiger partial charge < -0.3 is 30.0 Å². The largest absolute Gasteiger partial charge is 0.488 e. The fourth-order valence-electron chi connectivity index (χ4n) is 2.54. The third-order valence-electron chi connectivity index (χ3n) is 3.88. The van der Waals surface area contributed by atoms with Crippen LogP contribution >= 0.6 is 0 Å². The summed E-state index contributed by atoms with van der Waals surface area (Å²) in [6.07, 6.45) is 2.65. The number of amidine groups is 1. The van der Waals surface area contributed by atoms with Crippen molar-refractivity contribution >= 4 is 17.7 Å². The van der Waals surface area contributed by atoms with Crippen LogP contribution in [0, 0.1) is 5.41 Å². The monoisotopic (exact) mass is 427 g/mol. The fourth-order valence-corrected chi connectivity index (χ4v) is 2.54. The van der Waals surface area contributed by atoms with Crippen LogP contribution in [-0.2, 0) is 4.74 Å². The maximum Gasteiger partial charge on any atom is 0.335 e. The number of carboxylic acids is 1. The summed E-state index contributed by atoms with van der Waals surface area (Å²) in [6, 6.07) is 10.5. The second-order valence-electron chi connectivity index (χ2n) is 6.50. The Morgan fingerprint density at radius 1 is 1.10 bits per heavy atom. The molecular formula is C22H25N3O6. The molecule has 2 rings (SSSR count). The second-order valence-corrected chi connectivity index (χ2v) is 6.50. The molecule has 1 amide bonds. The van der Waals surface area contributed by atoms with Crippen molar-refractivity contribution in [3.63, 3.8) is 0 Å². The lowest BCUT2D eigenvalue weighted by Gasteiger charge is -2.16. The molecule has 31 heavy (non-hydrogen) atoms. The van der Waals surface area contributed by atoms with Gasteiger partial charge in [-0.1, -0.05) is 0 Å². The van der Waals surface area contributed by atoms with Gasteiger partial charge in [0.25, 0.3) is 5.91 Å². The average Bonchev–Trinajstić information content (AvgIpc) is 2.72. The summed E-state index contributed by atoms with van der Waals surface area (Å²) in [5.74, 6) is -0.558. The van der Waals surface area contributed by atoms with Crippen molar-refractivity contribution in [2.75, 3.05) is 20.8 Å². The fraction of sp³-hybridized carbons (Fsp3) is 0.227. The van der Waals surface area contributed by atoms with Crippen molar-refractivity contribution in [3.05, 3.63) is 65.9 Å². The van der Waals surface area contributed by atoms with Crippen molar-refractivity contribution in [1.29, 1.82) is 5.41 Å². The molecule has 0 bridgehead atoms. The van der Waals surface area contributed by atoms with Crippen LogP contribution in [0.4, 0.5) is 0 Å². The Kier molecular flexibility index (Phi) is 8.59. The van der Waals surface area contributed by atoms with Gasteiger partial charge in [-0.3, -0.25) is 10.2 Å². The molecule has 4 N–H and O–H groups in total. The number of carboxylic acid groups (broad SMARTS) is 1. The number of rotatable bonds is 10. The molecule has 2 aromatic carbocycles. The Morgan fingerprint density at radius 3 is 2.39 bits per heavy atom. The number of amides is 1. The summed E-state index contributed by atoms with van der Waals surface area (Å²) in [7, 11) is 3.24. The van der Waals surface area contributed by atoms with Crippen molar-refractivity contribution in [1.82, 2.24) is 10.6 Å². The van der Waals surface area contributed by atoms with E-state index in [-0.39, 0.29) is 23.1 Å². The van der Waals surface area contributed by atoms with Gasteiger partial charge in [0.15, 0.2) is 0 Å². The maximum absolute atomic E-state index is 12.6. The zero-order valence-corrected chi connectivity index (χ0v) is 17.5. The van der Waals surface area contributed by atoms with Crippen LogP contribution < -0.4 is 20.1 Å². The van der Waals surface area contributed by atoms with E-state index >= 15 is 0 Å². The minimum absolute atomic E-state index is 0.0925. The van der Waals surface area contributed by atoms with E-state index in [1.807, 2.05) is 6.92 Å². The molecule has 0 saturated heterocycles. The summed E-state index contributed by atoms with van der Waals surface area (Å²) in [5, 5.41) is 22.0. The molecule has 164 valence electrons. The molecule has 0 spiro atoms. The van der Waals surface area contributed by atoms with E-state index in [2.05, 4.69) is 10.6 Å². The second kappa shape index (κ2) is 11.4. The topological polar surface area (TPSA) is 130 Å². The number of ether oxygens (including phenoxy) is 3. The average molecular weight is 427 g/mol. The molecule has 9 heteroatoms. The Bertz CT molecular complexity index is 956. The molecule has 2 aromatic rings. The number of benzene rings is 2. The first-order chi connectivity index (χ1) is 14.8. The van der Waals surface area contributed by atoms with Crippen molar-refractivity contribution < 1.29 is 28.9 Å². The lowest BCUT2D eigenvalue weighted by molar-refractivity contribution is 0.0696. The van der Waals surface area contributed by atoms with Crippen molar-refractivity contribution in [2.45, 2.75) is 13.0 Å². The van der Waals surface area contributed by atoms with Crippen LogP contribution in [0.25, 0.3) is 0 Å². The highest BCUT2D eigenvalue weighted by molar-refractivity contribution is 6.09. The Balaban J connectivity index is 2.29. The van der Waals surface area contributed by atoms with E-state index < -0.39 is 11.9 Å². The highest BCUT2D eigenvalue weighted by Crippen LogP contribution is 2.28. The van der Waals surface area contributed by atoms with Gasteiger partial charge in [0.2, 0.25) is 0 Å². The van der Waals surface area contributed by atoms with Gasteiger partial charge in [-0.25, -0.2) is 4.79 Å². The van der Waals surface area contributed by atoms with Crippen LogP contribution in [-0.4, -0.2) is 49.7 Å². The lowest BCUT2D eigenvalue weighted by Crippen LogP contribution is -2.28. The highest BCUT2D eigenvalue weighted by atomic mass is 16.5. The first-order valence-electron chi connectivity index (χ1n) is 9.38. The zero-order valence-electron chi connectivity index (χ0n) is 17.5. The van der Waals surface area contributed by atoms with Crippen molar-refractivity contribution in [2.24, 2.45) is 0 Å². The van der Waals surface area contributed by atoms with Crippen LogP contribution in [0.5, 0.6) is 17.2 Å². The van der Waals surface area contributed by atoms with Gasteiger partial charge in [0, 0.05) is 25.8 Å².